The number of aromatic hydroxyl groups is 1. The molecule has 4 nitrogen and oxygen atoms in total. The Bertz CT molecular complexity index is 520. The number of aromatic nitrogens is 2. The summed E-state index contributed by atoms with van der Waals surface area (Å²) in [4.78, 5) is 4.32. The average Bonchev–Trinajstić information content (AvgIpc) is 2.81. The Labute approximate surface area is 100 Å². The highest BCUT2D eigenvalue weighted by Crippen LogP contribution is 2.31. The van der Waals surface area contributed by atoms with E-state index in [0.29, 0.717) is 17.3 Å². The number of phenols is 1. The van der Waals surface area contributed by atoms with Crippen LogP contribution in [-0.4, -0.2) is 15.2 Å². The molecule has 0 saturated carbocycles. The van der Waals surface area contributed by atoms with E-state index < -0.39 is 0 Å². The fraction of sp³-hybridized carbons (Fsp3) is 0.385. The van der Waals surface area contributed by atoms with E-state index in [1.165, 1.54) is 0 Å². The third-order valence-electron chi connectivity index (χ3n) is 2.96. The van der Waals surface area contributed by atoms with Crippen LogP contribution in [0.25, 0.3) is 11.5 Å². The molecular formula is C13H16N2O2. The minimum atomic E-state index is 0.201. The smallest absolute Gasteiger partial charge is 0.261 e. The number of aryl methyl sites for hydroxylation is 1. The van der Waals surface area contributed by atoms with Gasteiger partial charge in [-0.25, -0.2) is 0 Å². The molecule has 2 rings (SSSR count). The zero-order valence-electron chi connectivity index (χ0n) is 10.3. The highest BCUT2D eigenvalue weighted by Gasteiger charge is 2.16. The summed E-state index contributed by atoms with van der Waals surface area (Å²) >= 11 is 0. The van der Waals surface area contributed by atoms with Crippen LogP contribution in [0.3, 0.4) is 0 Å². The van der Waals surface area contributed by atoms with Crippen LogP contribution in [0.2, 0.25) is 0 Å². The molecule has 2 aromatic rings. The van der Waals surface area contributed by atoms with E-state index in [0.717, 1.165) is 12.0 Å². The van der Waals surface area contributed by atoms with Crippen molar-refractivity contribution in [2.24, 2.45) is 0 Å². The van der Waals surface area contributed by atoms with Gasteiger partial charge in [0.15, 0.2) is 5.82 Å². The number of para-hydroxylation sites is 1. The molecule has 17 heavy (non-hydrogen) atoms. The summed E-state index contributed by atoms with van der Waals surface area (Å²) in [5.74, 6) is 1.52. The Hall–Kier alpha value is -1.84. The summed E-state index contributed by atoms with van der Waals surface area (Å²) in [5.41, 5.74) is 1.39. The summed E-state index contributed by atoms with van der Waals surface area (Å²) in [5, 5.41) is 13.9. The maximum Gasteiger partial charge on any atom is 0.261 e. The Morgan fingerprint density at radius 1 is 1.41 bits per heavy atom. The number of hydrogen-bond donors (Lipinski definition) is 1. The molecule has 1 aromatic carbocycles. The first-order valence-electron chi connectivity index (χ1n) is 5.76. The van der Waals surface area contributed by atoms with E-state index in [-0.39, 0.29) is 11.7 Å². The van der Waals surface area contributed by atoms with Crippen LogP contribution >= 0.6 is 0 Å². The SMILES string of the molecule is CCC(C)c1noc(-c2cccc(C)c2O)n1. The number of rotatable bonds is 3. The third kappa shape index (κ3) is 2.16. The van der Waals surface area contributed by atoms with Crippen LogP contribution in [0, 0.1) is 6.92 Å². The van der Waals surface area contributed by atoms with Crippen molar-refractivity contribution < 1.29 is 9.63 Å². The molecule has 0 saturated heterocycles. The van der Waals surface area contributed by atoms with E-state index in [4.69, 9.17) is 4.52 Å². The van der Waals surface area contributed by atoms with Gasteiger partial charge in [-0.2, -0.15) is 4.98 Å². The monoisotopic (exact) mass is 232 g/mol. The van der Waals surface area contributed by atoms with E-state index in [1.54, 1.807) is 6.07 Å². The molecule has 90 valence electrons. The molecule has 0 bridgehead atoms. The quantitative estimate of drug-likeness (QED) is 0.882. The van der Waals surface area contributed by atoms with E-state index >= 15 is 0 Å². The lowest BCUT2D eigenvalue weighted by molar-refractivity contribution is 0.412. The maximum absolute atomic E-state index is 9.93. The molecule has 1 N–H and O–H groups in total. The molecule has 0 aliphatic rings. The van der Waals surface area contributed by atoms with Gasteiger partial charge in [-0.05, 0) is 25.0 Å². The molecular weight excluding hydrogens is 216 g/mol. The first-order chi connectivity index (χ1) is 8.13. The Morgan fingerprint density at radius 3 is 2.88 bits per heavy atom. The van der Waals surface area contributed by atoms with Gasteiger partial charge in [-0.3, -0.25) is 0 Å². The molecule has 0 spiro atoms. The zero-order valence-corrected chi connectivity index (χ0v) is 10.3. The van der Waals surface area contributed by atoms with Crippen LogP contribution in [0.5, 0.6) is 5.75 Å². The fourth-order valence-electron chi connectivity index (χ4n) is 1.56. The second-order valence-electron chi connectivity index (χ2n) is 4.24. The van der Waals surface area contributed by atoms with Crippen molar-refractivity contribution >= 4 is 0 Å². The van der Waals surface area contributed by atoms with Gasteiger partial charge in [-0.15, -0.1) is 0 Å². The molecule has 1 aromatic heterocycles. The highest BCUT2D eigenvalue weighted by atomic mass is 16.5. The number of benzene rings is 1. The molecule has 1 atom stereocenters. The normalized spacial score (nSPS) is 12.6. The lowest BCUT2D eigenvalue weighted by Crippen LogP contribution is -1.93. The lowest BCUT2D eigenvalue weighted by Gasteiger charge is -2.02. The van der Waals surface area contributed by atoms with Crippen LogP contribution in [0.4, 0.5) is 0 Å². The molecule has 1 unspecified atom stereocenters. The molecule has 0 fully saturated rings. The summed E-state index contributed by atoms with van der Waals surface area (Å²) in [7, 11) is 0. The van der Waals surface area contributed by atoms with E-state index in [1.807, 2.05) is 26.0 Å². The second kappa shape index (κ2) is 4.57. The van der Waals surface area contributed by atoms with Gasteiger partial charge in [0, 0.05) is 5.92 Å². The van der Waals surface area contributed by atoms with E-state index in [9.17, 15) is 5.11 Å². The van der Waals surface area contributed by atoms with Gasteiger partial charge < -0.3 is 9.63 Å². The first kappa shape index (κ1) is 11.6. The predicted molar refractivity (Wildman–Crippen MR) is 64.8 cm³/mol. The predicted octanol–water partition coefficient (Wildman–Crippen LogP) is 3.26. The highest BCUT2D eigenvalue weighted by molar-refractivity contribution is 5.64. The largest absolute Gasteiger partial charge is 0.507 e. The van der Waals surface area contributed by atoms with Gasteiger partial charge in [-0.1, -0.05) is 31.1 Å². The van der Waals surface area contributed by atoms with Crippen molar-refractivity contribution in [2.75, 3.05) is 0 Å². The number of nitrogens with zero attached hydrogens (tertiary/aromatic N) is 2. The van der Waals surface area contributed by atoms with Crippen LogP contribution < -0.4 is 0 Å². The first-order valence-corrected chi connectivity index (χ1v) is 5.76. The summed E-state index contributed by atoms with van der Waals surface area (Å²) in [6, 6.07) is 5.47. The number of phenolic OH excluding ortho intramolecular Hbond substituents is 1. The minimum absolute atomic E-state index is 0.201. The molecule has 0 aliphatic heterocycles. The van der Waals surface area contributed by atoms with E-state index in [2.05, 4.69) is 17.1 Å². The summed E-state index contributed by atoms with van der Waals surface area (Å²) < 4.78 is 5.19. The Kier molecular flexibility index (Phi) is 3.13. The number of hydrogen-bond acceptors (Lipinski definition) is 4. The van der Waals surface area contributed by atoms with Crippen molar-refractivity contribution in [3.05, 3.63) is 29.6 Å². The third-order valence-corrected chi connectivity index (χ3v) is 2.96. The van der Waals surface area contributed by atoms with Crippen LogP contribution in [0.1, 0.15) is 37.6 Å². The molecule has 0 amide bonds. The molecule has 0 aliphatic carbocycles. The average molecular weight is 232 g/mol. The van der Waals surface area contributed by atoms with Gasteiger partial charge in [0.2, 0.25) is 0 Å². The topological polar surface area (TPSA) is 59.2 Å². The summed E-state index contributed by atoms with van der Waals surface area (Å²) in [6.45, 7) is 5.96. The van der Waals surface area contributed by atoms with Crippen molar-refractivity contribution in [1.29, 1.82) is 0 Å². The van der Waals surface area contributed by atoms with Gasteiger partial charge in [0.1, 0.15) is 5.75 Å². The van der Waals surface area contributed by atoms with Gasteiger partial charge >= 0.3 is 0 Å². The maximum atomic E-state index is 9.93. The van der Waals surface area contributed by atoms with Crippen molar-refractivity contribution in [1.82, 2.24) is 10.1 Å². The summed E-state index contributed by atoms with van der Waals surface area (Å²) in [6.07, 6.45) is 0.957. The molecule has 0 radical (unpaired) electrons. The minimum Gasteiger partial charge on any atom is -0.507 e. The molecule has 4 heteroatoms. The fourth-order valence-corrected chi connectivity index (χ4v) is 1.56. The van der Waals surface area contributed by atoms with Gasteiger partial charge in [0.25, 0.3) is 5.89 Å². The standard InChI is InChI=1S/C13H16N2O2/c1-4-8(2)12-14-13(17-15-12)10-7-5-6-9(3)11(10)16/h5-8,16H,4H2,1-3H3. The van der Waals surface area contributed by atoms with Crippen molar-refractivity contribution in [3.63, 3.8) is 0 Å². The molecule has 1 heterocycles. The Morgan fingerprint density at radius 2 is 2.18 bits per heavy atom. The zero-order chi connectivity index (χ0) is 12.4. The Balaban J connectivity index is 2.40. The van der Waals surface area contributed by atoms with Crippen molar-refractivity contribution in [2.45, 2.75) is 33.1 Å². The van der Waals surface area contributed by atoms with Crippen molar-refractivity contribution in [3.8, 4) is 17.2 Å². The van der Waals surface area contributed by atoms with Crippen LogP contribution in [-0.2, 0) is 0 Å². The second-order valence-corrected chi connectivity index (χ2v) is 4.24. The van der Waals surface area contributed by atoms with Gasteiger partial charge in [0.05, 0.1) is 5.56 Å². The van der Waals surface area contributed by atoms with Crippen LogP contribution in [0.15, 0.2) is 22.7 Å². The lowest BCUT2D eigenvalue weighted by atomic mass is 10.1.